The number of hydrogen-bond donors (Lipinski definition) is 2. The molecule has 0 radical (unpaired) electrons. The Hall–Kier alpha value is -1.33. The summed E-state index contributed by atoms with van der Waals surface area (Å²) in [5, 5.41) is 6.39. The van der Waals surface area contributed by atoms with E-state index in [1.807, 2.05) is 12.1 Å². The molecule has 1 amide bonds. The van der Waals surface area contributed by atoms with Crippen LogP contribution in [0.1, 0.15) is 38.4 Å². The van der Waals surface area contributed by atoms with Gasteiger partial charge in [0.1, 0.15) is 12.4 Å². The molecule has 0 saturated carbocycles. The second-order valence-electron chi connectivity index (χ2n) is 5.66. The Morgan fingerprint density at radius 3 is 3.14 bits per heavy atom. The summed E-state index contributed by atoms with van der Waals surface area (Å²) in [6.45, 7) is 5.69. The van der Waals surface area contributed by atoms with E-state index in [9.17, 15) is 4.79 Å². The van der Waals surface area contributed by atoms with E-state index in [4.69, 9.17) is 9.15 Å². The number of ether oxygens (including phenoxy) is 1. The molecule has 2 rings (SSSR count). The van der Waals surface area contributed by atoms with Crippen molar-refractivity contribution in [1.82, 2.24) is 10.6 Å². The Morgan fingerprint density at radius 1 is 1.57 bits per heavy atom. The Balaban J connectivity index is 1.60. The van der Waals surface area contributed by atoms with Gasteiger partial charge >= 0.3 is 0 Å². The largest absolute Gasteiger partial charge is 0.467 e. The van der Waals surface area contributed by atoms with Crippen molar-refractivity contribution >= 4 is 5.91 Å². The SMILES string of the molecule is CCC1(C(=O)NCCCOCc2ccco2)CCCNC1. The van der Waals surface area contributed by atoms with Crippen LogP contribution in [0.3, 0.4) is 0 Å². The van der Waals surface area contributed by atoms with Gasteiger partial charge in [0, 0.05) is 19.7 Å². The molecule has 118 valence electrons. The number of rotatable bonds is 8. The molecule has 1 aromatic heterocycles. The molecule has 1 aromatic rings. The van der Waals surface area contributed by atoms with Crippen LogP contribution in [0.25, 0.3) is 0 Å². The van der Waals surface area contributed by atoms with Crippen molar-refractivity contribution in [3.63, 3.8) is 0 Å². The lowest BCUT2D eigenvalue weighted by Crippen LogP contribution is -2.50. The van der Waals surface area contributed by atoms with Crippen molar-refractivity contribution in [1.29, 1.82) is 0 Å². The Morgan fingerprint density at radius 2 is 2.48 bits per heavy atom. The minimum atomic E-state index is -0.215. The summed E-state index contributed by atoms with van der Waals surface area (Å²) in [4.78, 5) is 12.4. The molecule has 1 aliphatic heterocycles. The standard InChI is InChI=1S/C16H26N2O3/c1-2-16(7-4-8-17-13-16)15(19)18-9-5-10-20-12-14-6-3-11-21-14/h3,6,11,17H,2,4-5,7-10,12-13H2,1H3,(H,18,19). The quantitative estimate of drug-likeness (QED) is 0.721. The molecule has 1 saturated heterocycles. The van der Waals surface area contributed by atoms with Crippen molar-refractivity contribution in [2.75, 3.05) is 26.2 Å². The van der Waals surface area contributed by atoms with E-state index in [0.29, 0.717) is 19.8 Å². The minimum absolute atomic E-state index is 0.184. The zero-order chi connectivity index (χ0) is 15.0. The lowest BCUT2D eigenvalue weighted by molar-refractivity contribution is -0.132. The molecule has 0 bridgehead atoms. The molecular formula is C16H26N2O3. The molecule has 0 aliphatic carbocycles. The maximum Gasteiger partial charge on any atom is 0.227 e. The third-order valence-corrected chi connectivity index (χ3v) is 4.21. The van der Waals surface area contributed by atoms with Crippen molar-refractivity contribution in [3.8, 4) is 0 Å². The van der Waals surface area contributed by atoms with Crippen LogP contribution in [-0.2, 0) is 16.1 Å². The summed E-state index contributed by atoms with van der Waals surface area (Å²) < 4.78 is 10.7. The van der Waals surface area contributed by atoms with Crippen molar-refractivity contribution in [2.24, 2.45) is 5.41 Å². The molecule has 1 fully saturated rings. The second-order valence-corrected chi connectivity index (χ2v) is 5.66. The van der Waals surface area contributed by atoms with Crippen LogP contribution in [0.5, 0.6) is 0 Å². The average molecular weight is 294 g/mol. The lowest BCUT2D eigenvalue weighted by atomic mass is 9.77. The zero-order valence-corrected chi connectivity index (χ0v) is 12.8. The van der Waals surface area contributed by atoms with Gasteiger partial charge in [-0.1, -0.05) is 6.92 Å². The highest BCUT2D eigenvalue weighted by Crippen LogP contribution is 2.30. The summed E-state index contributed by atoms with van der Waals surface area (Å²) in [6, 6.07) is 3.74. The fourth-order valence-electron chi connectivity index (χ4n) is 2.76. The first kappa shape index (κ1) is 16.0. The highest BCUT2D eigenvalue weighted by atomic mass is 16.5. The number of nitrogens with one attached hydrogen (secondary N) is 2. The van der Waals surface area contributed by atoms with Gasteiger partial charge in [-0.15, -0.1) is 0 Å². The summed E-state index contributed by atoms with van der Waals surface area (Å²) >= 11 is 0. The number of furan rings is 1. The monoisotopic (exact) mass is 294 g/mol. The van der Waals surface area contributed by atoms with E-state index in [0.717, 1.165) is 44.5 Å². The third-order valence-electron chi connectivity index (χ3n) is 4.21. The first-order chi connectivity index (χ1) is 10.3. The molecule has 2 heterocycles. The predicted octanol–water partition coefficient (Wildman–Crippen LogP) is 2.08. The van der Waals surface area contributed by atoms with Crippen molar-refractivity contribution in [2.45, 2.75) is 39.2 Å². The summed E-state index contributed by atoms with van der Waals surface area (Å²) in [5.41, 5.74) is -0.215. The van der Waals surface area contributed by atoms with Gasteiger partial charge < -0.3 is 19.8 Å². The summed E-state index contributed by atoms with van der Waals surface area (Å²) in [5.74, 6) is 1.01. The van der Waals surface area contributed by atoms with Gasteiger partial charge in [-0.05, 0) is 44.4 Å². The predicted molar refractivity (Wildman–Crippen MR) is 80.8 cm³/mol. The van der Waals surface area contributed by atoms with E-state index in [1.54, 1.807) is 6.26 Å². The Bertz CT molecular complexity index is 411. The van der Waals surface area contributed by atoms with E-state index in [-0.39, 0.29) is 11.3 Å². The fourth-order valence-corrected chi connectivity index (χ4v) is 2.76. The molecule has 1 unspecified atom stereocenters. The van der Waals surface area contributed by atoms with Gasteiger partial charge in [0.05, 0.1) is 11.7 Å². The molecular weight excluding hydrogens is 268 g/mol. The van der Waals surface area contributed by atoms with Crippen LogP contribution in [0.4, 0.5) is 0 Å². The van der Waals surface area contributed by atoms with Crippen LogP contribution < -0.4 is 10.6 Å². The Kier molecular flexibility index (Phi) is 6.26. The maximum absolute atomic E-state index is 12.4. The lowest BCUT2D eigenvalue weighted by Gasteiger charge is -2.35. The smallest absolute Gasteiger partial charge is 0.227 e. The first-order valence-electron chi connectivity index (χ1n) is 7.86. The molecule has 5 heteroatoms. The fraction of sp³-hybridized carbons (Fsp3) is 0.688. The van der Waals surface area contributed by atoms with Gasteiger partial charge in [0.15, 0.2) is 0 Å². The van der Waals surface area contributed by atoms with Crippen LogP contribution >= 0.6 is 0 Å². The van der Waals surface area contributed by atoms with Crippen LogP contribution in [0.2, 0.25) is 0 Å². The normalized spacial score (nSPS) is 22.1. The number of piperidine rings is 1. The van der Waals surface area contributed by atoms with Crippen LogP contribution in [-0.4, -0.2) is 32.1 Å². The molecule has 1 aliphatic rings. The third kappa shape index (κ3) is 4.58. The second kappa shape index (κ2) is 8.20. The van der Waals surface area contributed by atoms with Crippen LogP contribution in [0, 0.1) is 5.41 Å². The van der Waals surface area contributed by atoms with Gasteiger partial charge in [-0.2, -0.15) is 0 Å². The number of hydrogen-bond acceptors (Lipinski definition) is 4. The van der Waals surface area contributed by atoms with Crippen LogP contribution in [0.15, 0.2) is 22.8 Å². The number of amides is 1. The molecule has 1 atom stereocenters. The number of carbonyl (C=O) groups excluding carboxylic acids is 1. The maximum atomic E-state index is 12.4. The summed E-state index contributed by atoms with van der Waals surface area (Å²) in [7, 11) is 0. The van der Waals surface area contributed by atoms with Gasteiger partial charge in [-0.3, -0.25) is 4.79 Å². The van der Waals surface area contributed by atoms with Gasteiger partial charge in [-0.25, -0.2) is 0 Å². The number of carbonyl (C=O) groups is 1. The Labute approximate surface area is 126 Å². The van der Waals surface area contributed by atoms with Gasteiger partial charge in [0.25, 0.3) is 0 Å². The molecule has 0 spiro atoms. The van der Waals surface area contributed by atoms with E-state index >= 15 is 0 Å². The summed E-state index contributed by atoms with van der Waals surface area (Å²) in [6.07, 6.45) is 5.41. The molecule has 21 heavy (non-hydrogen) atoms. The van der Waals surface area contributed by atoms with E-state index in [2.05, 4.69) is 17.6 Å². The molecule has 2 N–H and O–H groups in total. The minimum Gasteiger partial charge on any atom is -0.467 e. The molecule has 5 nitrogen and oxygen atoms in total. The first-order valence-corrected chi connectivity index (χ1v) is 7.86. The average Bonchev–Trinajstić information content (AvgIpc) is 3.04. The van der Waals surface area contributed by atoms with Crippen molar-refractivity contribution in [3.05, 3.63) is 24.2 Å². The van der Waals surface area contributed by atoms with E-state index in [1.165, 1.54) is 0 Å². The van der Waals surface area contributed by atoms with E-state index < -0.39 is 0 Å². The molecule has 0 aromatic carbocycles. The van der Waals surface area contributed by atoms with Crippen molar-refractivity contribution < 1.29 is 13.9 Å². The zero-order valence-electron chi connectivity index (χ0n) is 12.8. The highest BCUT2D eigenvalue weighted by molar-refractivity contribution is 5.82. The topological polar surface area (TPSA) is 63.5 Å². The van der Waals surface area contributed by atoms with Gasteiger partial charge in [0.2, 0.25) is 5.91 Å². The highest BCUT2D eigenvalue weighted by Gasteiger charge is 2.37.